The molecule has 30 heavy (non-hydrogen) atoms. The van der Waals surface area contributed by atoms with Gasteiger partial charge in [-0.25, -0.2) is 4.98 Å². The van der Waals surface area contributed by atoms with E-state index in [0.717, 1.165) is 0 Å². The van der Waals surface area contributed by atoms with Gasteiger partial charge in [0.2, 0.25) is 0 Å². The number of aromatic nitrogens is 2. The van der Waals surface area contributed by atoms with Crippen molar-refractivity contribution in [2.45, 2.75) is 162 Å². The van der Waals surface area contributed by atoms with E-state index in [1.54, 1.807) is 0 Å². The van der Waals surface area contributed by atoms with E-state index in [1.165, 1.54) is 128 Å². The molecule has 0 aliphatic carbocycles. The molecular formula is C28H54N2. The zero-order valence-electron chi connectivity index (χ0n) is 21.1. The molecule has 0 saturated carbocycles. The molecule has 0 N–H and O–H groups in total. The summed E-state index contributed by atoms with van der Waals surface area (Å²) in [4.78, 5) is 4.89. The lowest BCUT2D eigenvalue weighted by Gasteiger charge is -2.22. The molecule has 1 aromatic heterocycles. The molecule has 0 radical (unpaired) electrons. The number of hydrogen-bond acceptors (Lipinski definition) is 1. The third kappa shape index (κ3) is 12.2. The molecule has 2 unspecified atom stereocenters. The molecular weight excluding hydrogens is 364 g/mol. The van der Waals surface area contributed by atoms with Gasteiger partial charge in [0, 0.05) is 24.4 Å². The van der Waals surface area contributed by atoms with Crippen LogP contribution in [0, 0.1) is 0 Å². The lowest BCUT2D eigenvalue weighted by atomic mass is 9.93. The fourth-order valence-corrected chi connectivity index (χ4v) is 4.76. The van der Waals surface area contributed by atoms with Crippen molar-refractivity contribution in [1.82, 2.24) is 9.55 Å². The number of imidazole rings is 1. The Morgan fingerprint density at radius 3 is 1.63 bits per heavy atom. The van der Waals surface area contributed by atoms with Crippen LogP contribution in [0.15, 0.2) is 12.4 Å². The average Bonchev–Trinajstić information content (AvgIpc) is 3.24. The first-order chi connectivity index (χ1) is 14.7. The first kappa shape index (κ1) is 27.2. The van der Waals surface area contributed by atoms with Crippen molar-refractivity contribution in [2.75, 3.05) is 0 Å². The lowest BCUT2D eigenvalue weighted by molar-refractivity contribution is 0.414. The van der Waals surface area contributed by atoms with Gasteiger partial charge in [-0.05, 0) is 26.2 Å². The highest BCUT2D eigenvalue weighted by Gasteiger charge is 2.19. The van der Waals surface area contributed by atoms with E-state index in [9.17, 15) is 0 Å². The van der Waals surface area contributed by atoms with E-state index in [4.69, 9.17) is 4.98 Å². The van der Waals surface area contributed by atoms with Gasteiger partial charge in [-0.1, -0.05) is 124 Å². The Balaban J connectivity index is 2.50. The summed E-state index contributed by atoms with van der Waals surface area (Å²) >= 11 is 0. The van der Waals surface area contributed by atoms with Crippen LogP contribution in [0.3, 0.4) is 0 Å². The van der Waals surface area contributed by atoms with Crippen LogP contribution in [0.4, 0.5) is 0 Å². The summed E-state index contributed by atoms with van der Waals surface area (Å²) in [5, 5.41) is 0. The summed E-state index contributed by atoms with van der Waals surface area (Å²) in [6.07, 6.45) is 30.4. The Hall–Kier alpha value is -0.790. The topological polar surface area (TPSA) is 17.8 Å². The highest BCUT2D eigenvalue weighted by Crippen LogP contribution is 2.30. The van der Waals surface area contributed by atoms with Gasteiger partial charge in [0.15, 0.2) is 0 Å². The van der Waals surface area contributed by atoms with Crippen LogP contribution in [-0.2, 0) is 0 Å². The summed E-state index contributed by atoms with van der Waals surface area (Å²) in [6.45, 7) is 9.32. The maximum Gasteiger partial charge on any atom is 0.111 e. The smallest absolute Gasteiger partial charge is 0.111 e. The van der Waals surface area contributed by atoms with Crippen LogP contribution >= 0.6 is 0 Å². The fraction of sp³-hybridized carbons (Fsp3) is 0.893. The maximum absolute atomic E-state index is 4.89. The Morgan fingerprint density at radius 2 is 1.07 bits per heavy atom. The Kier molecular flexibility index (Phi) is 17.2. The monoisotopic (exact) mass is 418 g/mol. The van der Waals surface area contributed by atoms with E-state index >= 15 is 0 Å². The molecule has 0 bridgehead atoms. The predicted octanol–water partition coefficient (Wildman–Crippen LogP) is 10.00. The second-order valence-electron chi connectivity index (χ2n) is 9.70. The van der Waals surface area contributed by atoms with Crippen LogP contribution in [0.5, 0.6) is 0 Å². The third-order valence-corrected chi connectivity index (χ3v) is 6.83. The first-order valence-electron chi connectivity index (χ1n) is 13.8. The van der Waals surface area contributed by atoms with Gasteiger partial charge in [0.25, 0.3) is 0 Å². The van der Waals surface area contributed by atoms with Gasteiger partial charge in [-0.15, -0.1) is 0 Å². The molecule has 2 heteroatoms. The van der Waals surface area contributed by atoms with Gasteiger partial charge in [0.1, 0.15) is 5.82 Å². The minimum absolute atomic E-state index is 0.594. The van der Waals surface area contributed by atoms with Crippen LogP contribution in [-0.4, -0.2) is 9.55 Å². The van der Waals surface area contributed by atoms with Gasteiger partial charge in [-0.3, -0.25) is 0 Å². The van der Waals surface area contributed by atoms with Crippen molar-refractivity contribution in [3.8, 4) is 0 Å². The van der Waals surface area contributed by atoms with E-state index in [2.05, 4.69) is 44.7 Å². The summed E-state index contributed by atoms with van der Waals surface area (Å²) in [7, 11) is 0. The molecule has 176 valence electrons. The van der Waals surface area contributed by atoms with E-state index in [0.29, 0.717) is 12.0 Å². The molecule has 1 rings (SSSR count). The Labute approximate surface area is 189 Å². The zero-order valence-corrected chi connectivity index (χ0v) is 21.1. The van der Waals surface area contributed by atoms with E-state index in [1.807, 2.05) is 0 Å². The normalized spacial score (nSPS) is 13.6. The largest absolute Gasteiger partial charge is 0.332 e. The van der Waals surface area contributed by atoms with Crippen LogP contribution in [0.2, 0.25) is 0 Å². The molecule has 0 spiro atoms. The highest BCUT2D eigenvalue weighted by atomic mass is 15.1. The van der Waals surface area contributed by atoms with Crippen LogP contribution in [0.1, 0.15) is 167 Å². The van der Waals surface area contributed by atoms with E-state index in [-0.39, 0.29) is 0 Å². The van der Waals surface area contributed by atoms with Crippen molar-refractivity contribution in [3.05, 3.63) is 18.2 Å². The molecule has 2 atom stereocenters. The average molecular weight is 419 g/mol. The zero-order chi connectivity index (χ0) is 21.9. The van der Waals surface area contributed by atoms with Crippen LogP contribution in [0.25, 0.3) is 0 Å². The van der Waals surface area contributed by atoms with Gasteiger partial charge in [0.05, 0.1) is 0 Å². The molecule has 1 heterocycles. The van der Waals surface area contributed by atoms with Crippen molar-refractivity contribution in [1.29, 1.82) is 0 Å². The third-order valence-electron chi connectivity index (χ3n) is 6.83. The summed E-state index contributed by atoms with van der Waals surface area (Å²) < 4.78 is 2.53. The minimum Gasteiger partial charge on any atom is -0.332 e. The van der Waals surface area contributed by atoms with Gasteiger partial charge >= 0.3 is 0 Å². The second kappa shape index (κ2) is 18.9. The standard InChI is InChI=1S/C28H54N2/c1-5-8-11-13-15-17-20-23-27(22-18-10-7-3)28-29-24-25-30(28)26(4)21-19-16-14-12-9-6-2/h24-27H,5-23H2,1-4H3. The summed E-state index contributed by atoms with van der Waals surface area (Å²) in [6, 6.07) is 0.594. The van der Waals surface area contributed by atoms with Crippen molar-refractivity contribution in [3.63, 3.8) is 0 Å². The molecule has 0 fully saturated rings. The summed E-state index contributed by atoms with van der Waals surface area (Å²) in [5.74, 6) is 2.05. The second-order valence-corrected chi connectivity index (χ2v) is 9.70. The Morgan fingerprint density at radius 1 is 0.633 bits per heavy atom. The van der Waals surface area contributed by atoms with Crippen molar-refractivity contribution in [2.24, 2.45) is 0 Å². The van der Waals surface area contributed by atoms with Gasteiger partial charge in [-0.2, -0.15) is 0 Å². The number of nitrogens with zero attached hydrogens (tertiary/aromatic N) is 2. The molecule has 0 saturated heterocycles. The number of hydrogen-bond donors (Lipinski definition) is 0. The summed E-state index contributed by atoms with van der Waals surface area (Å²) in [5.41, 5.74) is 0. The molecule has 0 aliphatic rings. The number of rotatable bonds is 21. The fourth-order valence-electron chi connectivity index (χ4n) is 4.76. The molecule has 0 amide bonds. The molecule has 0 aromatic carbocycles. The SMILES string of the molecule is CCCCCCCCCC(CCCCC)c1nccn1C(C)CCCCCCCC. The van der Waals surface area contributed by atoms with Crippen molar-refractivity contribution >= 4 is 0 Å². The molecule has 2 nitrogen and oxygen atoms in total. The number of unbranched alkanes of at least 4 members (excludes halogenated alkanes) is 13. The highest BCUT2D eigenvalue weighted by molar-refractivity contribution is 5.02. The van der Waals surface area contributed by atoms with E-state index < -0.39 is 0 Å². The quantitative estimate of drug-likeness (QED) is 0.182. The minimum atomic E-state index is 0.594. The maximum atomic E-state index is 4.89. The Bertz CT molecular complexity index is 479. The molecule has 0 aliphatic heterocycles. The molecule has 1 aromatic rings. The first-order valence-corrected chi connectivity index (χ1v) is 13.8. The van der Waals surface area contributed by atoms with Crippen LogP contribution < -0.4 is 0 Å². The van der Waals surface area contributed by atoms with Gasteiger partial charge < -0.3 is 4.57 Å². The lowest BCUT2D eigenvalue weighted by Crippen LogP contribution is -2.13. The van der Waals surface area contributed by atoms with Crippen molar-refractivity contribution < 1.29 is 0 Å². The predicted molar refractivity (Wildman–Crippen MR) is 134 cm³/mol.